The summed E-state index contributed by atoms with van der Waals surface area (Å²) in [6.45, 7) is 3.98. The minimum atomic E-state index is -0.512. The van der Waals surface area contributed by atoms with E-state index < -0.39 is 11.4 Å². The molecule has 2 atom stereocenters. The van der Waals surface area contributed by atoms with Crippen LogP contribution in [0, 0.1) is 4.77 Å². The molecule has 32 heavy (non-hydrogen) atoms. The molecule has 0 saturated carbocycles. The molecule has 3 heterocycles. The van der Waals surface area contributed by atoms with E-state index in [4.69, 9.17) is 26.4 Å². The van der Waals surface area contributed by atoms with E-state index in [2.05, 4.69) is 17.0 Å². The van der Waals surface area contributed by atoms with Crippen molar-refractivity contribution in [2.75, 3.05) is 34.0 Å². The van der Waals surface area contributed by atoms with Gasteiger partial charge in [0.1, 0.15) is 6.04 Å². The van der Waals surface area contributed by atoms with E-state index in [0.29, 0.717) is 30.3 Å². The van der Waals surface area contributed by atoms with Gasteiger partial charge in [-0.1, -0.05) is 13.3 Å². The summed E-state index contributed by atoms with van der Waals surface area (Å²) in [7, 11) is 3.72. The minimum absolute atomic E-state index is 0.000964. The van der Waals surface area contributed by atoms with Crippen LogP contribution in [-0.2, 0) is 13.0 Å². The third-order valence-electron chi connectivity index (χ3n) is 6.11. The van der Waals surface area contributed by atoms with Gasteiger partial charge in [-0.05, 0) is 36.1 Å². The van der Waals surface area contributed by atoms with E-state index >= 15 is 0 Å². The molecule has 0 aliphatic carbocycles. The van der Waals surface area contributed by atoms with Gasteiger partial charge in [0, 0.05) is 19.2 Å². The van der Waals surface area contributed by atoms with Crippen LogP contribution in [0.15, 0.2) is 15.9 Å². The highest BCUT2D eigenvalue weighted by Gasteiger charge is 2.36. The van der Waals surface area contributed by atoms with Crippen LogP contribution < -0.4 is 29.8 Å². The fourth-order valence-corrected chi connectivity index (χ4v) is 4.58. The maximum absolute atomic E-state index is 12.8. The Morgan fingerprint density at radius 2 is 2.28 bits per heavy atom. The van der Waals surface area contributed by atoms with Crippen LogP contribution in [-0.4, -0.2) is 49.8 Å². The van der Waals surface area contributed by atoms with Crippen LogP contribution in [0.25, 0.3) is 0 Å². The fourth-order valence-electron chi connectivity index (χ4n) is 4.32. The number of fused-ring (bicyclic) bond motifs is 2. The number of aromatic amines is 1. The van der Waals surface area contributed by atoms with E-state index in [0.717, 1.165) is 36.9 Å². The van der Waals surface area contributed by atoms with Gasteiger partial charge >= 0.3 is 0 Å². The number of nitrogens with one attached hydrogen (secondary N) is 2. The van der Waals surface area contributed by atoms with Crippen molar-refractivity contribution in [3.05, 3.63) is 37.9 Å². The average Bonchev–Trinajstić information content (AvgIpc) is 3.24. The monoisotopic (exact) mass is 460 g/mol. The zero-order valence-corrected chi connectivity index (χ0v) is 19.3. The van der Waals surface area contributed by atoms with Gasteiger partial charge in [0.25, 0.3) is 5.56 Å². The molecule has 0 saturated heterocycles. The van der Waals surface area contributed by atoms with E-state index in [1.807, 2.05) is 13.0 Å². The quantitative estimate of drug-likeness (QED) is 0.467. The number of hydrogen-bond donors (Lipinski definition) is 2. The lowest BCUT2D eigenvalue weighted by Gasteiger charge is -2.32. The second-order valence-electron chi connectivity index (χ2n) is 8.09. The first-order chi connectivity index (χ1) is 15.5. The molecule has 2 unspecified atom stereocenters. The van der Waals surface area contributed by atoms with Crippen LogP contribution in [0.4, 0.5) is 0 Å². The van der Waals surface area contributed by atoms with E-state index in [9.17, 15) is 9.90 Å². The molecule has 0 bridgehead atoms. The number of H-pyrrole nitrogens is 1. The van der Waals surface area contributed by atoms with Gasteiger partial charge in [-0.3, -0.25) is 14.8 Å². The van der Waals surface area contributed by atoms with Crippen molar-refractivity contribution in [1.82, 2.24) is 9.55 Å². The number of aromatic nitrogens is 2. The third kappa shape index (κ3) is 4.00. The molecule has 0 radical (unpaired) electrons. The number of nitrogens with zero attached hydrogens (tertiary/aromatic N) is 2. The molecule has 1 aromatic carbocycles. The van der Waals surface area contributed by atoms with Crippen molar-refractivity contribution in [3.63, 3.8) is 0 Å². The summed E-state index contributed by atoms with van der Waals surface area (Å²) in [5, 5.41) is 12.8. The van der Waals surface area contributed by atoms with E-state index in [-0.39, 0.29) is 23.2 Å². The molecular formula is C22H28N4O5S. The summed E-state index contributed by atoms with van der Waals surface area (Å²) in [4.78, 5) is 20.8. The number of ether oxygens (including phenoxy) is 3. The van der Waals surface area contributed by atoms with Gasteiger partial charge in [-0.25, -0.2) is 0 Å². The molecule has 1 aromatic heterocycles. The Balaban J connectivity index is 1.66. The first-order valence-electron chi connectivity index (χ1n) is 10.8. The molecule has 10 heteroatoms. The maximum Gasteiger partial charge on any atom is 0.259 e. The highest BCUT2D eigenvalue weighted by Crippen LogP contribution is 2.47. The van der Waals surface area contributed by atoms with Crippen LogP contribution in [0.5, 0.6) is 23.1 Å². The highest BCUT2D eigenvalue weighted by atomic mass is 32.1. The second kappa shape index (κ2) is 9.33. The molecule has 2 N–H and O–H groups in total. The Morgan fingerprint density at radius 3 is 3.03 bits per heavy atom. The molecular weight excluding hydrogens is 432 g/mol. The van der Waals surface area contributed by atoms with Gasteiger partial charge in [-0.15, -0.1) is 0 Å². The summed E-state index contributed by atoms with van der Waals surface area (Å²) in [5.74, 6) is 1.59. The second-order valence-corrected chi connectivity index (χ2v) is 8.48. The lowest BCUT2D eigenvalue weighted by Crippen LogP contribution is -3.10. The molecule has 0 spiro atoms. The predicted octanol–water partition coefficient (Wildman–Crippen LogP) is 0.748. The molecule has 2 aliphatic heterocycles. The Morgan fingerprint density at radius 1 is 1.47 bits per heavy atom. The van der Waals surface area contributed by atoms with Gasteiger partial charge in [-0.2, -0.15) is 0 Å². The number of aliphatic imine (C=N–C) groups is 1. The normalized spacial score (nSPS) is 19.3. The number of quaternary nitrogens is 1. The van der Waals surface area contributed by atoms with Gasteiger partial charge in [0.05, 0.1) is 38.4 Å². The van der Waals surface area contributed by atoms with Crippen molar-refractivity contribution in [1.29, 1.82) is 0 Å². The molecule has 172 valence electrons. The third-order valence-corrected chi connectivity index (χ3v) is 6.43. The lowest BCUT2D eigenvalue weighted by molar-refractivity contribution is -0.912. The first-order valence-corrected chi connectivity index (χ1v) is 11.2. The molecule has 2 aliphatic rings. The summed E-state index contributed by atoms with van der Waals surface area (Å²) in [5.41, 5.74) is 1.67. The number of likely N-dealkylation sites (N-methyl/N-ethyl adjacent to an activating group) is 1. The Labute approximate surface area is 191 Å². The topological polar surface area (TPSA) is 105 Å². The Kier molecular flexibility index (Phi) is 6.52. The van der Waals surface area contributed by atoms with Crippen molar-refractivity contribution in [2.24, 2.45) is 4.99 Å². The zero-order chi connectivity index (χ0) is 22.8. The number of unbranched alkanes of at least 4 members (excludes halogenated alkanes) is 1. The fraction of sp³-hybridized carbons (Fsp3) is 0.500. The standard InChI is InChI=1S/C22H28N4O5S/c1-4-5-7-26-21(28)14(20(27)24-22(26)32)10-23-11-15-17-13(6-8-25(15)2)9-16-18(19(17)29-3)31-12-30-16/h9-10,15,28H,4-8,11-12H2,1-3H3,(H,24,27,32). The first kappa shape index (κ1) is 22.3. The van der Waals surface area contributed by atoms with Gasteiger partial charge < -0.3 is 28.8 Å². The summed E-state index contributed by atoms with van der Waals surface area (Å²) >= 11 is 5.16. The van der Waals surface area contributed by atoms with Crippen LogP contribution >= 0.6 is 12.2 Å². The van der Waals surface area contributed by atoms with Crippen LogP contribution in [0.3, 0.4) is 0 Å². The van der Waals surface area contributed by atoms with Crippen molar-refractivity contribution in [3.8, 4) is 23.1 Å². The molecule has 2 aromatic rings. The Hall–Kier alpha value is -2.85. The zero-order valence-electron chi connectivity index (χ0n) is 18.5. The number of rotatable bonds is 7. The highest BCUT2D eigenvalue weighted by molar-refractivity contribution is 7.71. The van der Waals surface area contributed by atoms with E-state index in [1.54, 1.807) is 7.11 Å². The number of hydrogen-bond acceptors (Lipinski definition) is 7. The SMILES string of the molecule is CCCCn1c([O-])c(C=NCC2c3c(cc4c(c3OC)OCO4)CC[NH+]2C)c(=O)[nH]c1=S. The predicted molar refractivity (Wildman–Crippen MR) is 120 cm³/mol. The molecule has 0 amide bonds. The number of methoxy groups -OCH3 is 1. The smallest absolute Gasteiger partial charge is 0.259 e. The summed E-state index contributed by atoms with van der Waals surface area (Å²) in [6, 6.07) is 2.00. The van der Waals surface area contributed by atoms with Crippen molar-refractivity contribution < 1.29 is 24.2 Å². The maximum atomic E-state index is 12.8. The largest absolute Gasteiger partial charge is 0.859 e. The summed E-state index contributed by atoms with van der Waals surface area (Å²) < 4.78 is 18.5. The van der Waals surface area contributed by atoms with E-state index in [1.165, 1.54) is 15.7 Å². The van der Waals surface area contributed by atoms with Crippen LogP contribution in [0.1, 0.15) is 42.5 Å². The Bertz CT molecular complexity index is 1160. The lowest BCUT2D eigenvalue weighted by atomic mass is 9.91. The molecule has 9 nitrogen and oxygen atoms in total. The van der Waals surface area contributed by atoms with Crippen molar-refractivity contribution in [2.45, 2.75) is 38.8 Å². The van der Waals surface area contributed by atoms with Crippen molar-refractivity contribution >= 4 is 18.4 Å². The molecule has 4 rings (SSSR count). The van der Waals surface area contributed by atoms with Gasteiger partial charge in [0.2, 0.25) is 12.5 Å². The average molecular weight is 461 g/mol. The van der Waals surface area contributed by atoms with Gasteiger partial charge in [0.15, 0.2) is 16.3 Å². The number of benzene rings is 1. The summed E-state index contributed by atoms with van der Waals surface area (Å²) in [6.07, 6.45) is 3.98. The minimum Gasteiger partial charge on any atom is -0.859 e. The van der Waals surface area contributed by atoms with Crippen LogP contribution in [0.2, 0.25) is 0 Å². The molecule has 0 fully saturated rings.